The van der Waals surface area contributed by atoms with Crippen LogP contribution in [0.2, 0.25) is 0 Å². The number of hydrogen-bond acceptors (Lipinski definition) is 3. The van der Waals surface area contributed by atoms with Crippen LogP contribution in [0.4, 0.5) is 0 Å². The van der Waals surface area contributed by atoms with E-state index in [2.05, 4.69) is 23.4 Å². The molecule has 2 aliphatic rings. The molecule has 3 heteroatoms. The quantitative estimate of drug-likeness (QED) is 0.751. The second kappa shape index (κ2) is 5.35. The van der Waals surface area contributed by atoms with Crippen molar-refractivity contribution in [3.63, 3.8) is 0 Å². The molecule has 2 aliphatic carbocycles. The molecule has 1 aromatic rings. The Labute approximate surface area is 109 Å². The number of aromatic nitrogens is 2. The number of hydrogen-bond donors (Lipinski definition) is 1. The fraction of sp³-hybridized carbons (Fsp3) is 0.733. The van der Waals surface area contributed by atoms with Gasteiger partial charge in [0.05, 0.1) is 5.69 Å². The van der Waals surface area contributed by atoms with E-state index in [0.717, 1.165) is 37.2 Å². The molecule has 2 fully saturated rings. The molecule has 18 heavy (non-hydrogen) atoms. The average Bonchev–Trinajstić information content (AvgIpc) is 3.25. The molecule has 3 nitrogen and oxygen atoms in total. The highest BCUT2D eigenvalue weighted by molar-refractivity contribution is 5.25. The van der Waals surface area contributed by atoms with Crippen molar-refractivity contribution < 1.29 is 0 Å². The van der Waals surface area contributed by atoms with E-state index in [4.69, 9.17) is 4.98 Å². The third-order valence-electron chi connectivity index (χ3n) is 3.82. The third-order valence-corrected chi connectivity index (χ3v) is 3.82. The first-order valence-corrected chi connectivity index (χ1v) is 7.42. The highest BCUT2D eigenvalue weighted by Crippen LogP contribution is 2.41. The molecule has 0 atom stereocenters. The van der Waals surface area contributed by atoms with Crippen LogP contribution in [0.3, 0.4) is 0 Å². The molecule has 98 valence electrons. The van der Waals surface area contributed by atoms with E-state index in [1.807, 2.05) is 0 Å². The van der Waals surface area contributed by atoms with E-state index in [-0.39, 0.29) is 0 Å². The van der Waals surface area contributed by atoms with Crippen molar-refractivity contribution in [2.75, 3.05) is 6.54 Å². The second-order valence-electron chi connectivity index (χ2n) is 5.80. The molecule has 0 spiro atoms. The standard InChI is InChI=1S/C15H23N3/c1-2-7-16-9-13-10-17-14(8-11-3-4-11)18-15(13)12-5-6-12/h10-12,16H,2-9H2,1H3. The monoisotopic (exact) mass is 245 g/mol. The highest BCUT2D eigenvalue weighted by Gasteiger charge is 2.29. The van der Waals surface area contributed by atoms with Crippen LogP contribution in [-0.4, -0.2) is 16.5 Å². The maximum atomic E-state index is 4.84. The smallest absolute Gasteiger partial charge is 0.128 e. The van der Waals surface area contributed by atoms with Crippen LogP contribution in [0.25, 0.3) is 0 Å². The van der Waals surface area contributed by atoms with Crippen molar-refractivity contribution in [1.29, 1.82) is 0 Å². The summed E-state index contributed by atoms with van der Waals surface area (Å²) in [7, 11) is 0. The van der Waals surface area contributed by atoms with Gasteiger partial charge in [0.1, 0.15) is 5.82 Å². The summed E-state index contributed by atoms with van der Waals surface area (Å²) in [5.41, 5.74) is 2.66. The Morgan fingerprint density at radius 1 is 1.28 bits per heavy atom. The van der Waals surface area contributed by atoms with Crippen LogP contribution < -0.4 is 5.32 Å². The Bertz CT molecular complexity index is 408. The van der Waals surface area contributed by atoms with Crippen LogP contribution in [-0.2, 0) is 13.0 Å². The lowest BCUT2D eigenvalue weighted by molar-refractivity contribution is 0.659. The van der Waals surface area contributed by atoms with E-state index in [0.29, 0.717) is 0 Å². The van der Waals surface area contributed by atoms with Gasteiger partial charge in [-0.15, -0.1) is 0 Å². The zero-order valence-electron chi connectivity index (χ0n) is 11.3. The number of nitrogens with one attached hydrogen (secondary N) is 1. The van der Waals surface area contributed by atoms with E-state index >= 15 is 0 Å². The molecular weight excluding hydrogens is 222 g/mol. The van der Waals surface area contributed by atoms with Gasteiger partial charge in [-0.25, -0.2) is 9.97 Å². The molecule has 2 saturated carbocycles. The Hall–Kier alpha value is -0.960. The lowest BCUT2D eigenvalue weighted by Crippen LogP contribution is -2.16. The molecule has 0 aromatic carbocycles. The summed E-state index contributed by atoms with van der Waals surface area (Å²) in [4.78, 5) is 9.40. The van der Waals surface area contributed by atoms with Crippen LogP contribution in [0, 0.1) is 5.92 Å². The molecule has 0 bridgehead atoms. The summed E-state index contributed by atoms with van der Waals surface area (Å²) in [6.07, 6.45) is 9.74. The Balaban J connectivity index is 1.70. The topological polar surface area (TPSA) is 37.8 Å². The zero-order valence-corrected chi connectivity index (χ0v) is 11.3. The molecule has 1 aromatic heterocycles. The molecule has 1 N–H and O–H groups in total. The molecule has 3 rings (SSSR count). The van der Waals surface area contributed by atoms with Gasteiger partial charge in [0, 0.05) is 30.6 Å². The predicted octanol–water partition coefficient (Wildman–Crippen LogP) is 2.81. The summed E-state index contributed by atoms with van der Waals surface area (Å²) in [5, 5.41) is 3.47. The fourth-order valence-electron chi connectivity index (χ4n) is 2.38. The van der Waals surface area contributed by atoms with Gasteiger partial charge in [-0.2, -0.15) is 0 Å². The third kappa shape index (κ3) is 3.08. The van der Waals surface area contributed by atoms with E-state index in [1.54, 1.807) is 0 Å². The summed E-state index contributed by atoms with van der Waals surface area (Å²) in [6.45, 7) is 4.21. The Morgan fingerprint density at radius 3 is 2.78 bits per heavy atom. The van der Waals surface area contributed by atoms with E-state index < -0.39 is 0 Å². The second-order valence-corrected chi connectivity index (χ2v) is 5.80. The van der Waals surface area contributed by atoms with Gasteiger partial charge in [-0.3, -0.25) is 0 Å². The fourth-order valence-corrected chi connectivity index (χ4v) is 2.38. The van der Waals surface area contributed by atoms with Crippen LogP contribution in [0.15, 0.2) is 6.20 Å². The summed E-state index contributed by atoms with van der Waals surface area (Å²) in [5.74, 6) is 2.68. The van der Waals surface area contributed by atoms with Crippen molar-refractivity contribution >= 4 is 0 Å². The molecule has 0 amide bonds. The lowest BCUT2D eigenvalue weighted by Gasteiger charge is -2.10. The minimum absolute atomic E-state index is 0.726. The maximum Gasteiger partial charge on any atom is 0.128 e. The van der Waals surface area contributed by atoms with Crippen molar-refractivity contribution in [2.24, 2.45) is 5.92 Å². The Morgan fingerprint density at radius 2 is 2.11 bits per heavy atom. The van der Waals surface area contributed by atoms with E-state index in [9.17, 15) is 0 Å². The predicted molar refractivity (Wildman–Crippen MR) is 72.4 cm³/mol. The molecular formula is C15H23N3. The maximum absolute atomic E-state index is 4.84. The molecule has 1 heterocycles. The van der Waals surface area contributed by atoms with Crippen molar-refractivity contribution in [3.8, 4) is 0 Å². The van der Waals surface area contributed by atoms with Gasteiger partial charge < -0.3 is 5.32 Å². The highest BCUT2D eigenvalue weighted by atomic mass is 14.9. The molecule has 0 unspecified atom stereocenters. The zero-order chi connectivity index (χ0) is 12.4. The van der Waals surface area contributed by atoms with Crippen molar-refractivity contribution in [2.45, 2.75) is 57.9 Å². The van der Waals surface area contributed by atoms with Gasteiger partial charge >= 0.3 is 0 Å². The first-order chi connectivity index (χ1) is 8.86. The summed E-state index contributed by atoms with van der Waals surface area (Å²) in [6, 6.07) is 0. The summed E-state index contributed by atoms with van der Waals surface area (Å²) >= 11 is 0. The van der Waals surface area contributed by atoms with Crippen molar-refractivity contribution in [3.05, 3.63) is 23.3 Å². The number of rotatable bonds is 7. The molecule has 0 radical (unpaired) electrons. The first-order valence-electron chi connectivity index (χ1n) is 7.42. The van der Waals surface area contributed by atoms with E-state index in [1.165, 1.54) is 43.4 Å². The average molecular weight is 245 g/mol. The summed E-state index contributed by atoms with van der Waals surface area (Å²) < 4.78 is 0. The molecule has 0 aliphatic heterocycles. The number of nitrogens with zero attached hydrogens (tertiary/aromatic N) is 2. The largest absolute Gasteiger partial charge is 0.313 e. The van der Waals surface area contributed by atoms with Crippen LogP contribution in [0.1, 0.15) is 62.0 Å². The van der Waals surface area contributed by atoms with Gasteiger partial charge in [-0.05, 0) is 44.6 Å². The normalized spacial score (nSPS) is 19.2. The van der Waals surface area contributed by atoms with Gasteiger partial charge in [-0.1, -0.05) is 6.92 Å². The van der Waals surface area contributed by atoms with Gasteiger partial charge in [0.15, 0.2) is 0 Å². The van der Waals surface area contributed by atoms with Crippen LogP contribution in [0.5, 0.6) is 0 Å². The first kappa shape index (κ1) is 12.1. The minimum Gasteiger partial charge on any atom is -0.313 e. The molecule has 0 saturated heterocycles. The minimum atomic E-state index is 0.726. The van der Waals surface area contributed by atoms with Gasteiger partial charge in [0.25, 0.3) is 0 Å². The van der Waals surface area contributed by atoms with Crippen molar-refractivity contribution in [1.82, 2.24) is 15.3 Å². The SMILES string of the molecule is CCCNCc1cnc(CC2CC2)nc1C1CC1. The Kier molecular flexibility index (Phi) is 3.59. The van der Waals surface area contributed by atoms with Crippen LogP contribution >= 0.6 is 0 Å². The lowest BCUT2D eigenvalue weighted by atomic mass is 10.1. The van der Waals surface area contributed by atoms with Gasteiger partial charge in [0.2, 0.25) is 0 Å².